The zero-order valence-corrected chi connectivity index (χ0v) is 16.7. The molecule has 0 bridgehead atoms. The lowest BCUT2D eigenvalue weighted by molar-refractivity contribution is 0.433. The van der Waals surface area contributed by atoms with Gasteiger partial charge >= 0.3 is 0 Å². The third-order valence-electron chi connectivity index (χ3n) is 4.99. The summed E-state index contributed by atoms with van der Waals surface area (Å²) in [6, 6.07) is 4.99. The second-order valence-electron chi connectivity index (χ2n) is 7.02. The van der Waals surface area contributed by atoms with E-state index >= 15 is 0 Å². The minimum absolute atomic E-state index is 0.289. The number of benzene rings is 1. The van der Waals surface area contributed by atoms with E-state index in [-0.39, 0.29) is 5.75 Å². The summed E-state index contributed by atoms with van der Waals surface area (Å²) in [5.74, 6) is -0.846. The van der Waals surface area contributed by atoms with Crippen molar-refractivity contribution in [2.45, 2.75) is 58.2 Å². The van der Waals surface area contributed by atoms with E-state index in [1.54, 1.807) is 0 Å². The second-order valence-corrected chi connectivity index (χ2v) is 13.5. The maximum absolute atomic E-state index is 14.0. The van der Waals surface area contributed by atoms with E-state index in [9.17, 15) is 9.50 Å². The number of aromatic nitrogens is 1. The molecule has 0 amide bonds. The van der Waals surface area contributed by atoms with Crippen molar-refractivity contribution in [1.82, 2.24) is 4.23 Å². The third kappa shape index (κ3) is 2.42. The molecular weight excluding hydrogens is 361 g/mol. The normalized spacial score (nSPS) is 13.0. The van der Waals surface area contributed by atoms with Crippen molar-refractivity contribution in [2.75, 3.05) is 0 Å². The van der Waals surface area contributed by atoms with E-state index in [1.165, 1.54) is 12.1 Å². The molecule has 2 rings (SSSR count). The van der Waals surface area contributed by atoms with Gasteiger partial charge in [-0.3, -0.25) is 0 Å². The molecule has 0 radical (unpaired) electrons. The van der Waals surface area contributed by atoms with Crippen molar-refractivity contribution in [2.24, 2.45) is 0 Å². The van der Waals surface area contributed by atoms with Gasteiger partial charge in [-0.1, -0.05) is 41.5 Å². The van der Waals surface area contributed by atoms with Crippen LogP contribution in [0.1, 0.15) is 41.5 Å². The summed E-state index contributed by atoms with van der Waals surface area (Å²) in [4.78, 5) is 0. The minimum Gasteiger partial charge on any atom is -0.505 e. The van der Waals surface area contributed by atoms with Crippen LogP contribution in [0.25, 0.3) is 10.9 Å². The Kier molecular flexibility index (Phi) is 4.79. The largest absolute Gasteiger partial charge is 0.505 e. The molecule has 2 aromatic rings. The van der Waals surface area contributed by atoms with Crippen LogP contribution in [0, 0.1) is 5.82 Å². The van der Waals surface area contributed by atoms with Gasteiger partial charge in [0.2, 0.25) is 0 Å². The molecule has 0 saturated heterocycles. The molecule has 5 heteroatoms. The SMILES string of the molecule is CC(C)[Si](C(C)C)(C(C)C)n1c(Br)cc2cc(O)c(F)cc21. The monoisotopic (exact) mass is 385 g/mol. The molecule has 0 saturated carbocycles. The van der Waals surface area contributed by atoms with Crippen molar-refractivity contribution in [1.29, 1.82) is 0 Å². The predicted molar refractivity (Wildman–Crippen MR) is 97.7 cm³/mol. The number of halogens is 2. The van der Waals surface area contributed by atoms with Gasteiger partial charge in [0.15, 0.2) is 19.8 Å². The van der Waals surface area contributed by atoms with Gasteiger partial charge in [-0.15, -0.1) is 0 Å². The Morgan fingerprint density at radius 2 is 1.50 bits per heavy atom. The minimum atomic E-state index is -1.98. The quantitative estimate of drug-likeness (QED) is 0.616. The van der Waals surface area contributed by atoms with Crippen LogP contribution >= 0.6 is 15.9 Å². The fourth-order valence-corrected chi connectivity index (χ4v) is 12.3. The number of fused-ring (bicyclic) bond motifs is 1. The first kappa shape index (κ1) is 17.5. The van der Waals surface area contributed by atoms with Crippen LogP contribution in [-0.2, 0) is 0 Å². The molecule has 0 atom stereocenters. The van der Waals surface area contributed by atoms with Crippen LogP contribution in [0.2, 0.25) is 16.6 Å². The Balaban J connectivity index is 2.91. The molecule has 2 nitrogen and oxygen atoms in total. The van der Waals surface area contributed by atoms with Crippen molar-refractivity contribution in [3.05, 3.63) is 28.6 Å². The molecule has 0 aliphatic heterocycles. The van der Waals surface area contributed by atoms with Crippen LogP contribution in [0.4, 0.5) is 4.39 Å². The standard InChI is InChI=1S/C17H25BrFNOSi/c1-10(2)22(11(3)4,12(5)6)20-15-9-14(19)16(21)7-13(15)8-17(20)18/h7-12,21H,1-6H3. The Labute approximate surface area is 141 Å². The van der Waals surface area contributed by atoms with Crippen LogP contribution in [0.3, 0.4) is 0 Å². The molecule has 122 valence electrons. The van der Waals surface area contributed by atoms with Crippen molar-refractivity contribution < 1.29 is 9.50 Å². The van der Waals surface area contributed by atoms with Crippen LogP contribution in [0.5, 0.6) is 5.75 Å². The van der Waals surface area contributed by atoms with E-state index in [2.05, 4.69) is 61.7 Å². The first-order valence-corrected chi connectivity index (χ1v) is 10.8. The summed E-state index contributed by atoms with van der Waals surface area (Å²) in [6.07, 6.45) is 0. The topological polar surface area (TPSA) is 25.2 Å². The number of rotatable bonds is 4. The van der Waals surface area contributed by atoms with Gasteiger partial charge in [0.25, 0.3) is 0 Å². The highest BCUT2D eigenvalue weighted by atomic mass is 79.9. The number of phenols is 1. The fraction of sp³-hybridized carbons (Fsp3) is 0.529. The Hall–Kier alpha value is -0.813. The maximum atomic E-state index is 14.0. The summed E-state index contributed by atoms with van der Waals surface area (Å²) in [5, 5.41) is 10.5. The van der Waals surface area contributed by atoms with Crippen LogP contribution in [0.15, 0.2) is 22.8 Å². The zero-order valence-electron chi connectivity index (χ0n) is 14.1. The number of phenolic OH excluding ortho intramolecular Hbond substituents is 1. The van der Waals surface area contributed by atoms with Crippen molar-refractivity contribution >= 4 is 35.1 Å². The summed E-state index contributed by atoms with van der Waals surface area (Å²) in [6.45, 7) is 13.7. The predicted octanol–water partition coefficient (Wildman–Crippen LogP) is 6.27. The fourth-order valence-electron chi connectivity index (χ4n) is 4.35. The van der Waals surface area contributed by atoms with E-state index in [0.717, 1.165) is 15.5 Å². The first-order chi connectivity index (χ1) is 10.1. The molecule has 0 unspecified atom stereocenters. The van der Waals surface area contributed by atoms with E-state index in [1.807, 2.05) is 6.07 Å². The van der Waals surface area contributed by atoms with Gasteiger partial charge in [-0.25, -0.2) is 4.39 Å². The average molecular weight is 386 g/mol. The Morgan fingerprint density at radius 1 is 1.00 bits per heavy atom. The highest BCUT2D eigenvalue weighted by Gasteiger charge is 2.46. The number of hydrogen-bond acceptors (Lipinski definition) is 1. The smallest absolute Gasteiger partial charge is 0.170 e. The van der Waals surface area contributed by atoms with Crippen LogP contribution in [-0.4, -0.2) is 17.6 Å². The summed E-state index contributed by atoms with van der Waals surface area (Å²) in [7, 11) is -1.98. The first-order valence-electron chi connectivity index (χ1n) is 7.83. The molecule has 1 aromatic carbocycles. The van der Waals surface area contributed by atoms with Crippen molar-refractivity contribution in [3.8, 4) is 5.75 Å². The molecular formula is C17H25BrFNOSi. The van der Waals surface area contributed by atoms with Gasteiger partial charge in [0.1, 0.15) is 0 Å². The Bertz CT molecular complexity index is 672. The number of hydrogen-bond donors (Lipinski definition) is 1. The van der Waals surface area contributed by atoms with E-state index in [0.29, 0.717) is 16.6 Å². The molecule has 1 aromatic heterocycles. The molecule has 22 heavy (non-hydrogen) atoms. The molecule has 1 heterocycles. The number of nitrogens with zero attached hydrogens (tertiary/aromatic N) is 1. The Morgan fingerprint density at radius 3 is 1.95 bits per heavy atom. The maximum Gasteiger partial charge on any atom is 0.170 e. The van der Waals surface area contributed by atoms with E-state index < -0.39 is 14.1 Å². The lowest BCUT2D eigenvalue weighted by Gasteiger charge is -2.45. The van der Waals surface area contributed by atoms with E-state index in [4.69, 9.17) is 0 Å². The lowest BCUT2D eigenvalue weighted by atomic mass is 10.2. The third-order valence-corrected chi connectivity index (χ3v) is 12.7. The molecule has 1 N–H and O–H groups in total. The van der Waals surface area contributed by atoms with Gasteiger partial charge in [0, 0.05) is 17.0 Å². The highest BCUT2D eigenvalue weighted by molar-refractivity contribution is 9.10. The number of aromatic hydroxyl groups is 1. The van der Waals surface area contributed by atoms with Gasteiger partial charge < -0.3 is 9.34 Å². The molecule has 0 aliphatic rings. The molecule has 0 aliphatic carbocycles. The van der Waals surface area contributed by atoms with Crippen molar-refractivity contribution in [3.63, 3.8) is 0 Å². The molecule has 0 fully saturated rings. The summed E-state index contributed by atoms with van der Waals surface area (Å²) >= 11 is 3.69. The van der Waals surface area contributed by atoms with Crippen LogP contribution < -0.4 is 0 Å². The van der Waals surface area contributed by atoms with Gasteiger partial charge in [0.05, 0.1) is 4.60 Å². The van der Waals surface area contributed by atoms with Gasteiger partial charge in [-0.2, -0.15) is 0 Å². The zero-order chi connectivity index (χ0) is 16.8. The summed E-state index contributed by atoms with van der Waals surface area (Å²) < 4.78 is 17.3. The highest BCUT2D eigenvalue weighted by Crippen LogP contribution is 2.46. The second kappa shape index (κ2) is 6.00. The average Bonchev–Trinajstić information content (AvgIpc) is 2.67. The lowest BCUT2D eigenvalue weighted by Crippen LogP contribution is -2.52. The summed E-state index contributed by atoms with van der Waals surface area (Å²) in [5.41, 5.74) is 2.41. The van der Waals surface area contributed by atoms with Gasteiger partial charge in [-0.05, 0) is 44.7 Å². The molecule has 0 spiro atoms.